The summed E-state index contributed by atoms with van der Waals surface area (Å²) in [6.45, 7) is 9.76. The van der Waals surface area contributed by atoms with E-state index in [1.165, 1.54) is 0 Å². The summed E-state index contributed by atoms with van der Waals surface area (Å²) in [5.74, 6) is 2.00. The van der Waals surface area contributed by atoms with E-state index in [4.69, 9.17) is 23.4 Å². The third-order valence-electron chi connectivity index (χ3n) is 4.91. The third kappa shape index (κ3) is 7.11. The molecule has 1 amide bonds. The molecule has 0 unspecified atom stereocenters. The molecule has 2 aromatic carbocycles. The summed E-state index contributed by atoms with van der Waals surface area (Å²) < 4.78 is 28.7. The minimum atomic E-state index is -0.379. The Morgan fingerprint density at radius 3 is 2.26 bits per heavy atom. The van der Waals surface area contributed by atoms with Gasteiger partial charge < -0.3 is 23.4 Å². The van der Waals surface area contributed by atoms with E-state index in [0.29, 0.717) is 60.6 Å². The van der Waals surface area contributed by atoms with E-state index in [2.05, 4.69) is 22.4 Å². The number of benzene rings is 2. The number of hydrogen-bond acceptors (Lipinski definition) is 8. The monoisotopic (exact) mass is 483 g/mol. The number of ether oxygens (including phenoxy) is 4. The quantitative estimate of drug-likeness (QED) is 0.289. The summed E-state index contributed by atoms with van der Waals surface area (Å²) in [5, 5.41) is 10.7. The van der Waals surface area contributed by atoms with E-state index in [9.17, 15) is 4.79 Å². The van der Waals surface area contributed by atoms with Crippen molar-refractivity contribution < 1.29 is 28.2 Å². The minimum Gasteiger partial charge on any atom is -0.494 e. The Labute approximate surface area is 205 Å². The number of unbranched alkanes of at least 4 members (excludes halogenated alkanes) is 2. The summed E-state index contributed by atoms with van der Waals surface area (Å²) in [6, 6.07) is 10.4. The normalized spacial score (nSPS) is 10.6. The molecule has 1 N–H and O–H groups in total. The highest BCUT2D eigenvalue weighted by Crippen LogP contribution is 2.41. The Balaban J connectivity index is 1.76. The van der Waals surface area contributed by atoms with Gasteiger partial charge in [0.15, 0.2) is 11.5 Å². The topological polar surface area (TPSA) is 105 Å². The first kappa shape index (κ1) is 25.9. The largest absolute Gasteiger partial charge is 0.494 e. The molecule has 0 spiro atoms. The number of hydrogen-bond donors (Lipinski definition) is 1. The van der Waals surface area contributed by atoms with Crippen LogP contribution in [0.25, 0.3) is 11.5 Å². The zero-order valence-electron chi connectivity index (χ0n) is 20.8. The number of carbonyl (C=O) groups is 1. The van der Waals surface area contributed by atoms with E-state index >= 15 is 0 Å². The Morgan fingerprint density at radius 2 is 1.60 bits per heavy atom. The van der Waals surface area contributed by atoms with Crippen molar-refractivity contribution in [2.24, 2.45) is 0 Å². The van der Waals surface area contributed by atoms with Crippen LogP contribution in [0.2, 0.25) is 0 Å². The SMILES string of the molecule is CCCCCOc1cccc(C(=O)Nc2nnc(-c3cc(OCC)c(OCC)c(OCC)c3)o2)c1. The van der Waals surface area contributed by atoms with Gasteiger partial charge in [0, 0.05) is 11.1 Å². The van der Waals surface area contributed by atoms with E-state index in [1.54, 1.807) is 30.3 Å². The molecular formula is C26H33N3O6. The Kier molecular flexibility index (Phi) is 9.77. The first-order valence-electron chi connectivity index (χ1n) is 12.0. The van der Waals surface area contributed by atoms with Crippen LogP contribution in [0.5, 0.6) is 23.0 Å². The second kappa shape index (κ2) is 13.2. The van der Waals surface area contributed by atoms with Gasteiger partial charge in [-0.2, -0.15) is 0 Å². The first-order chi connectivity index (χ1) is 17.1. The molecule has 0 aliphatic carbocycles. The lowest BCUT2D eigenvalue weighted by molar-refractivity contribution is 0.102. The molecule has 0 atom stereocenters. The lowest BCUT2D eigenvalue weighted by atomic mass is 10.2. The zero-order valence-corrected chi connectivity index (χ0v) is 20.8. The molecule has 0 radical (unpaired) electrons. The molecule has 0 saturated carbocycles. The lowest BCUT2D eigenvalue weighted by Crippen LogP contribution is -2.12. The maximum absolute atomic E-state index is 12.7. The predicted octanol–water partition coefficient (Wildman–Crippen LogP) is 5.75. The lowest BCUT2D eigenvalue weighted by Gasteiger charge is -2.16. The van der Waals surface area contributed by atoms with Crippen LogP contribution < -0.4 is 24.3 Å². The van der Waals surface area contributed by atoms with Gasteiger partial charge in [-0.15, -0.1) is 5.10 Å². The van der Waals surface area contributed by atoms with Gasteiger partial charge in [0.1, 0.15) is 5.75 Å². The zero-order chi connectivity index (χ0) is 25.0. The molecule has 1 aromatic heterocycles. The van der Waals surface area contributed by atoms with Gasteiger partial charge in [0.2, 0.25) is 11.6 Å². The standard InChI is InChI=1S/C26H33N3O6/c1-5-9-10-14-34-20-13-11-12-18(15-20)24(30)27-26-29-28-25(35-26)19-16-21(31-6-2)23(33-8-4)22(17-19)32-7-3/h11-13,15-17H,5-10,14H2,1-4H3,(H,27,29,30). The van der Waals surface area contributed by atoms with E-state index in [0.717, 1.165) is 19.3 Å². The highest BCUT2D eigenvalue weighted by atomic mass is 16.5. The van der Waals surface area contributed by atoms with E-state index < -0.39 is 0 Å². The van der Waals surface area contributed by atoms with Crippen molar-refractivity contribution in [2.45, 2.75) is 47.0 Å². The predicted molar refractivity (Wildman–Crippen MR) is 133 cm³/mol. The molecule has 0 aliphatic rings. The van der Waals surface area contributed by atoms with Crippen molar-refractivity contribution in [3.05, 3.63) is 42.0 Å². The van der Waals surface area contributed by atoms with Gasteiger partial charge >= 0.3 is 6.01 Å². The van der Waals surface area contributed by atoms with Crippen LogP contribution in [-0.4, -0.2) is 42.5 Å². The van der Waals surface area contributed by atoms with Crippen LogP contribution in [0, 0.1) is 0 Å². The molecule has 35 heavy (non-hydrogen) atoms. The molecule has 9 heteroatoms. The van der Waals surface area contributed by atoms with Crippen LogP contribution >= 0.6 is 0 Å². The second-order valence-corrected chi connectivity index (χ2v) is 7.55. The van der Waals surface area contributed by atoms with Crippen molar-refractivity contribution in [3.8, 4) is 34.5 Å². The molecule has 0 aliphatic heterocycles. The van der Waals surface area contributed by atoms with Crippen LogP contribution in [0.3, 0.4) is 0 Å². The molecule has 3 aromatic rings. The number of amides is 1. The van der Waals surface area contributed by atoms with Gasteiger partial charge in [-0.05, 0) is 57.5 Å². The van der Waals surface area contributed by atoms with Crippen LogP contribution in [0.15, 0.2) is 40.8 Å². The Hall–Kier alpha value is -3.75. The van der Waals surface area contributed by atoms with Crippen LogP contribution in [0.4, 0.5) is 6.01 Å². The molecule has 9 nitrogen and oxygen atoms in total. The number of anilines is 1. The molecule has 1 heterocycles. The maximum Gasteiger partial charge on any atom is 0.322 e. The number of carbonyl (C=O) groups excluding carboxylic acids is 1. The molecule has 3 rings (SSSR count). The molecular weight excluding hydrogens is 450 g/mol. The summed E-state index contributed by atoms with van der Waals surface area (Å²) >= 11 is 0. The van der Waals surface area contributed by atoms with Gasteiger partial charge in [-0.3, -0.25) is 10.1 Å². The molecule has 0 fully saturated rings. The smallest absolute Gasteiger partial charge is 0.322 e. The Morgan fingerprint density at radius 1 is 0.886 bits per heavy atom. The summed E-state index contributed by atoms with van der Waals surface area (Å²) in [6.07, 6.45) is 3.19. The first-order valence-corrected chi connectivity index (χ1v) is 12.0. The van der Waals surface area contributed by atoms with Crippen molar-refractivity contribution in [3.63, 3.8) is 0 Å². The fourth-order valence-corrected chi connectivity index (χ4v) is 3.34. The average Bonchev–Trinajstić information content (AvgIpc) is 3.32. The summed E-state index contributed by atoms with van der Waals surface area (Å²) in [7, 11) is 0. The second-order valence-electron chi connectivity index (χ2n) is 7.55. The average molecular weight is 484 g/mol. The fraction of sp³-hybridized carbons (Fsp3) is 0.423. The third-order valence-corrected chi connectivity index (χ3v) is 4.91. The van der Waals surface area contributed by atoms with Gasteiger partial charge in [-0.1, -0.05) is 30.9 Å². The van der Waals surface area contributed by atoms with Gasteiger partial charge in [0.05, 0.1) is 26.4 Å². The number of nitrogens with zero attached hydrogens (tertiary/aromatic N) is 2. The highest BCUT2D eigenvalue weighted by Gasteiger charge is 2.19. The number of nitrogens with one attached hydrogen (secondary N) is 1. The van der Waals surface area contributed by atoms with E-state index in [-0.39, 0.29) is 17.8 Å². The van der Waals surface area contributed by atoms with Crippen molar-refractivity contribution in [2.75, 3.05) is 31.7 Å². The van der Waals surface area contributed by atoms with Crippen molar-refractivity contribution in [1.82, 2.24) is 10.2 Å². The maximum atomic E-state index is 12.7. The molecule has 0 bridgehead atoms. The molecule has 0 saturated heterocycles. The van der Waals surface area contributed by atoms with Crippen molar-refractivity contribution >= 4 is 11.9 Å². The highest BCUT2D eigenvalue weighted by molar-refractivity contribution is 6.03. The minimum absolute atomic E-state index is 0.0240. The van der Waals surface area contributed by atoms with Crippen LogP contribution in [-0.2, 0) is 0 Å². The van der Waals surface area contributed by atoms with Crippen molar-refractivity contribution in [1.29, 1.82) is 0 Å². The fourth-order valence-electron chi connectivity index (χ4n) is 3.34. The molecule has 188 valence electrons. The van der Waals surface area contributed by atoms with Gasteiger partial charge in [0.25, 0.3) is 5.91 Å². The number of rotatable bonds is 14. The van der Waals surface area contributed by atoms with Gasteiger partial charge in [-0.25, -0.2) is 0 Å². The van der Waals surface area contributed by atoms with Crippen LogP contribution in [0.1, 0.15) is 57.3 Å². The summed E-state index contributed by atoms with van der Waals surface area (Å²) in [4.78, 5) is 12.7. The number of aromatic nitrogens is 2. The van der Waals surface area contributed by atoms with E-state index in [1.807, 2.05) is 26.8 Å². The summed E-state index contributed by atoms with van der Waals surface area (Å²) in [5.41, 5.74) is 1.01. The Bertz CT molecular complexity index is 1070.